The van der Waals surface area contributed by atoms with Crippen LogP contribution in [0.1, 0.15) is 19.4 Å². The van der Waals surface area contributed by atoms with E-state index in [0.717, 1.165) is 10.9 Å². The van der Waals surface area contributed by atoms with E-state index in [2.05, 4.69) is 0 Å². The summed E-state index contributed by atoms with van der Waals surface area (Å²) in [5.41, 5.74) is 0.275. The van der Waals surface area contributed by atoms with E-state index in [1.165, 1.54) is 12.3 Å². The fraction of sp³-hybridized carbons (Fsp3) is 0.333. The fourth-order valence-electron chi connectivity index (χ4n) is 1.68. The summed E-state index contributed by atoms with van der Waals surface area (Å²) >= 11 is 0. The zero-order chi connectivity index (χ0) is 11.1. The van der Waals surface area contributed by atoms with Crippen molar-refractivity contribution >= 4 is 11.0 Å². The first-order valence-corrected chi connectivity index (χ1v) is 4.84. The molecule has 0 atom stereocenters. The molecule has 1 heterocycles. The number of fused-ring (bicyclic) bond motifs is 1. The second kappa shape index (κ2) is 3.35. The van der Waals surface area contributed by atoms with Gasteiger partial charge in [-0.1, -0.05) is 12.1 Å². The van der Waals surface area contributed by atoms with Gasteiger partial charge >= 0.3 is 0 Å². The number of benzene rings is 1. The van der Waals surface area contributed by atoms with Crippen LogP contribution in [0.5, 0.6) is 0 Å². The first-order chi connectivity index (χ1) is 6.97. The molecule has 2 aromatic rings. The lowest BCUT2D eigenvalue weighted by molar-refractivity contribution is 0.0811. The molecule has 0 bridgehead atoms. The van der Waals surface area contributed by atoms with Crippen molar-refractivity contribution in [1.82, 2.24) is 0 Å². The van der Waals surface area contributed by atoms with E-state index < -0.39 is 5.60 Å². The molecule has 2 rings (SSSR count). The van der Waals surface area contributed by atoms with Gasteiger partial charge in [-0.3, -0.25) is 0 Å². The maximum Gasteiger partial charge on any atom is 0.169 e. The van der Waals surface area contributed by atoms with Crippen molar-refractivity contribution in [2.24, 2.45) is 0 Å². The van der Waals surface area contributed by atoms with Gasteiger partial charge in [0, 0.05) is 17.4 Å². The van der Waals surface area contributed by atoms with Crippen LogP contribution < -0.4 is 0 Å². The lowest BCUT2D eigenvalue weighted by atomic mass is 9.98. The maximum absolute atomic E-state index is 13.3. The summed E-state index contributed by atoms with van der Waals surface area (Å²) in [6, 6.07) is 4.80. The van der Waals surface area contributed by atoms with Gasteiger partial charge < -0.3 is 9.52 Å². The van der Waals surface area contributed by atoms with E-state index >= 15 is 0 Å². The molecule has 80 valence electrons. The molecule has 0 radical (unpaired) electrons. The number of furan rings is 1. The lowest BCUT2D eigenvalue weighted by Crippen LogP contribution is -2.21. The summed E-state index contributed by atoms with van der Waals surface area (Å²) in [7, 11) is 0. The van der Waals surface area contributed by atoms with Crippen molar-refractivity contribution in [3.63, 3.8) is 0 Å². The Kier molecular flexibility index (Phi) is 2.27. The summed E-state index contributed by atoms with van der Waals surface area (Å²) in [5.74, 6) is -0.366. The molecule has 0 amide bonds. The van der Waals surface area contributed by atoms with Crippen LogP contribution >= 0.6 is 0 Å². The summed E-state index contributed by atoms with van der Waals surface area (Å²) in [4.78, 5) is 0. The number of rotatable bonds is 2. The van der Waals surface area contributed by atoms with Crippen LogP contribution in [-0.2, 0) is 6.42 Å². The van der Waals surface area contributed by atoms with E-state index in [1.807, 2.05) is 0 Å². The first-order valence-electron chi connectivity index (χ1n) is 4.84. The van der Waals surface area contributed by atoms with Crippen molar-refractivity contribution in [2.45, 2.75) is 25.9 Å². The normalized spacial score (nSPS) is 12.3. The molecule has 1 aromatic heterocycles. The average molecular weight is 208 g/mol. The van der Waals surface area contributed by atoms with Gasteiger partial charge in [0.05, 0.1) is 11.9 Å². The van der Waals surface area contributed by atoms with Gasteiger partial charge in [-0.05, 0) is 19.9 Å². The second-order valence-electron chi connectivity index (χ2n) is 4.37. The third-order valence-electron chi connectivity index (χ3n) is 2.26. The Hall–Kier alpha value is -1.35. The molecule has 0 saturated carbocycles. The molecular formula is C12H13FO2. The second-order valence-corrected chi connectivity index (χ2v) is 4.37. The summed E-state index contributed by atoms with van der Waals surface area (Å²) in [6.45, 7) is 3.43. The quantitative estimate of drug-likeness (QED) is 0.823. The Bertz CT molecular complexity index is 480. The molecule has 0 saturated heterocycles. The summed E-state index contributed by atoms with van der Waals surface area (Å²) in [5, 5.41) is 10.4. The predicted molar refractivity (Wildman–Crippen MR) is 56.2 cm³/mol. The molecule has 2 nitrogen and oxygen atoms in total. The molecule has 1 N–H and O–H groups in total. The first kappa shape index (κ1) is 10.2. The van der Waals surface area contributed by atoms with Crippen LogP contribution in [0.15, 0.2) is 28.9 Å². The van der Waals surface area contributed by atoms with E-state index in [4.69, 9.17) is 4.42 Å². The van der Waals surface area contributed by atoms with Gasteiger partial charge in [-0.2, -0.15) is 0 Å². The van der Waals surface area contributed by atoms with Crippen molar-refractivity contribution in [2.75, 3.05) is 0 Å². The Morgan fingerprint density at radius 2 is 2.13 bits per heavy atom. The van der Waals surface area contributed by atoms with E-state index in [0.29, 0.717) is 6.42 Å². The minimum absolute atomic E-state index is 0.261. The smallest absolute Gasteiger partial charge is 0.169 e. The monoisotopic (exact) mass is 208 g/mol. The van der Waals surface area contributed by atoms with Gasteiger partial charge in [-0.15, -0.1) is 0 Å². The third-order valence-corrected chi connectivity index (χ3v) is 2.26. The molecule has 0 aliphatic rings. The highest BCUT2D eigenvalue weighted by molar-refractivity contribution is 5.81. The van der Waals surface area contributed by atoms with Crippen molar-refractivity contribution in [1.29, 1.82) is 0 Å². The standard InChI is InChI=1S/C12H13FO2/c1-12(2,14)6-8-7-15-11-9(8)4-3-5-10(11)13/h3-5,7,14H,6H2,1-2H3. The summed E-state index contributed by atoms with van der Waals surface area (Å²) in [6.07, 6.45) is 1.95. The Morgan fingerprint density at radius 1 is 1.40 bits per heavy atom. The van der Waals surface area contributed by atoms with Gasteiger partial charge in [0.1, 0.15) is 0 Å². The minimum Gasteiger partial charge on any atom is -0.461 e. The Labute approximate surface area is 87.3 Å². The van der Waals surface area contributed by atoms with Crippen LogP contribution in [0.3, 0.4) is 0 Å². The van der Waals surface area contributed by atoms with E-state index in [1.54, 1.807) is 26.0 Å². The van der Waals surface area contributed by atoms with Gasteiger partial charge in [0.25, 0.3) is 0 Å². The molecule has 15 heavy (non-hydrogen) atoms. The largest absolute Gasteiger partial charge is 0.461 e. The SMILES string of the molecule is CC(C)(O)Cc1coc2c(F)cccc12. The molecule has 0 aliphatic carbocycles. The zero-order valence-electron chi connectivity index (χ0n) is 8.75. The maximum atomic E-state index is 13.3. The van der Waals surface area contributed by atoms with E-state index in [-0.39, 0.29) is 11.4 Å². The topological polar surface area (TPSA) is 33.4 Å². The fourth-order valence-corrected chi connectivity index (χ4v) is 1.68. The molecule has 0 fully saturated rings. The van der Waals surface area contributed by atoms with Gasteiger partial charge in [0.2, 0.25) is 0 Å². The van der Waals surface area contributed by atoms with E-state index in [9.17, 15) is 9.50 Å². The minimum atomic E-state index is -0.816. The third kappa shape index (κ3) is 2.02. The highest BCUT2D eigenvalue weighted by Gasteiger charge is 2.18. The molecule has 0 aliphatic heterocycles. The van der Waals surface area contributed by atoms with Crippen molar-refractivity contribution < 1.29 is 13.9 Å². The number of para-hydroxylation sites is 1. The predicted octanol–water partition coefficient (Wildman–Crippen LogP) is 2.89. The van der Waals surface area contributed by atoms with Crippen molar-refractivity contribution in [3.8, 4) is 0 Å². The molecule has 0 spiro atoms. The Morgan fingerprint density at radius 3 is 2.80 bits per heavy atom. The molecule has 0 unspecified atom stereocenters. The molecular weight excluding hydrogens is 195 g/mol. The number of aliphatic hydroxyl groups is 1. The lowest BCUT2D eigenvalue weighted by Gasteiger charge is -2.15. The average Bonchev–Trinajstić information content (AvgIpc) is 2.48. The van der Waals surface area contributed by atoms with Crippen LogP contribution in [0.25, 0.3) is 11.0 Å². The van der Waals surface area contributed by atoms with Crippen molar-refractivity contribution in [3.05, 3.63) is 35.8 Å². The van der Waals surface area contributed by atoms with Crippen LogP contribution in [0.2, 0.25) is 0 Å². The molecule has 1 aromatic carbocycles. The highest BCUT2D eigenvalue weighted by Crippen LogP contribution is 2.26. The van der Waals surface area contributed by atoms with Crippen LogP contribution in [0.4, 0.5) is 4.39 Å². The number of hydrogen-bond acceptors (Lipinski definition) is 2. The number of hydrogen-bond donors (Lipinski definition) is 1. The Balaban J connectivity index is 2.50. The number of halogens is 1. The zero-order valence-corrected chi connectivity index (χ0v) is 8.75. The van der Waals surface area contributed by atoms with Gasteiger partial charge in [-0.25, -0.2) is 4.39 Å². The van der Waals surface area contributed by atoms with Crippen LogP contribution in [0, 0.1) is 5.82 Å². The van der Waals surface area contributed by atoms with Crippen LogP contribution in [-0.4, -0.2) is 10.7 Å². The summed E-state index contributed by atoms with van der Waals surface area (Å²) < 4.78 is 18.4. The highest BCUT2D eigenvalue weighted by atomic mass is 19.1. The molecule has 3 heteroatoms. The van der Waals surface area contributed by atoms with Gasteiger partial charge in [0.15, 0.2) is 11.4 Å².